The highest BCUT2D eigenvalue weighted by Gasteiger charge is 2.49. The summed E-state index contributed by atoms with van der Waals surface area (Å²) in [5.74, 6) is -0.629. The van der Waals surface area contributed by atoms with Gasteiger partial charge >= 0.3 is 0 Å². The minimum absolute atomic E-state index is 0.639. The maximum Gasteiger partial charge on any atom is 0.265 e. The molecule has 2 aromatic rings. The lowest BCUT2D eigenvalue weighted by Gasteiger charge is -2.42. The van der Waals surface area contributed by atoms with Crippen molar-refractivity contribution in [2.45, 2.75) is 25.2 Å². The maximum atomic E-state index is 10.6. The van der Waals surface area contributed by atoms with E-state index in [1.54, 1.807) is 13.8 Å². The van der Waals surface area contributed by atoms with E-state index in [-0.39, 0.29) is 0 Å². The molecule has 0 aliphatic carbocycles. The minimum Gasteiger partial charge on any atom is -0.455 e. The van der Waals surface area contributed by atoms with E-state index in [4.69, 9.17) is 9.47 Å². The average molecular weight is 272 g/mol. The molecule has 1 unspecified atom stereocenters. The van der Waals surface area contributed by atoms with Gasteiger partial charge in [-0.1, -0.05) is 48.5 Å². The molecule has 0 aromatic heterocycles. The van der Waals surface area contributed by atoms with E-state index in [0.717, 1.165) is 5.56 Å². The molecule has 2 aromatic carbocycles. The van der Waals surface area contributed by atoms with E-state index >= 15 is 0 Å². The highest BCUT2D eigenvalue weighted by molar-refractivity contribution is 5.28. The molecular formula is C17H20O3. The average Bonchev–Trinajstić information content (AvgIpc) is 2.45. The van der Waals surface area contributed by atoms with Crippen LogP contribution < -0.4 is 4.74 Å². The van der Waals surface area contributed by atoms with Crippen LogP contribution in [0.1, 0.15) is 19.4 Å². The van der Waals surface area contributed by atoms with Crippen LogP contribution in [0.4, 0.5) is 0 Å². The van der Waals surface area contributed by atoms with E-state index in [2.05, 4.69) is 0 Å². The second kappa shape index (κ2) is 5.65. The lowest BCUT2D eigenvalue weighted by Crippen LogP contribution is -2.53. The molecule has 0 aliphatic rings. The lowest BCUT2D eigenvalue weighted by molar-refractivity contribution is -0.269. The number of rotatable bonds is 5. The van der Waals surface area contributed by atoms with Gasteiger partial charge in [0.1, 0.15) is 11.4 Å². The van der Waals surface area contributed by atoms with Crippen molar-refractivity contribution in [2.75, 3.05) is 7.11 Å². The van der Waals surface area contributed by atoms with Gasteiger partial charge in [-0.3, -0.25) is 0 Å². The van der Waals surface area contributed by atoms with Crippen molar-refractivity contribution in [3.05, 3.63) is 66.2 Å². The second-order valence-electron chi connectivity index (χ2n) is 5.16. The molecule has 0 aliphatic heterocycles. The zero-order valence-corrected chi connectivity index (χ0v) is 12.0. The standard InChI is InChI=1S/C17H20O3/c1-16(2,18)17(19-3,14-10-6-4-7-11-14)20-15-12-8-5-9-13-15/h4-13,18H,1-3H3. The van der Waals surface area contributed by atoms with Crippen LogP contribution in [0.15, 0.2) is 60.7 Å². The number of aliphatic hydroxyl groups is 1. The number of methoxy groups -OCH3 is 1. The maximum absolute atomic E-state index is 10.6. The van der Waals surface area contributed by atoms with Gasteiger partial charge in [0.05, 0.1) is 0 Å². The number of benzene rings is 2. The van der Waals surface area contributed by atoms with Gasteiger partial charge in [0.2, 0.25) is 0 Å². The summed E-state index contributed by atoms with van der Waals surface area (Å²) in [5.41, 5.74) is -0.460. The van der Waals surface area contributed by atoms with Crippen LogP contribution in [0.5, 0.6) is 5.75 Å². The summed E-state index contributed by atoms with van der Waals surface area (Å²) in [6, 6.07) is 18.8. The van der Waals surface area contributed by atoms with Gasteiger partial charge in [0.15, 0.2) is 0 Å². The SMILES string of the molecule is COC(Oc1ccccc1)(c1ccccc1)C(C)(C)O. The third kappa shape index (κ3) is 2.69. The lowest BCUT2D eigenvalue weighted by atomic mass is 9.90. The third-order valence-electron chi connectivity index (χ3n) is 3.25. The molecule has 20 heavy (non-hydrogen) atoms. The number of para-hydroxylation sites is 1. The number of ether oxygens (including phenoxy) is 2. The van der Waals surface area contributed by atoms with E-state index in [0.29, 0.717) is 5.75 Å². The Morgan fingerprint density at radius 2 is 1.35 bits per heavy atom. The Morgan fingerprint density at radius 3 is 1.80 bits per heavy atom. The van der Waals surface area contributed by atoms with Crippen molar-refractivity contribution >= 4 is 0 Å². The molecule has 0 bridgehead atoms. The van der Waals surface area contributed by atoms with Crippen molar-refractivity contribution < 1.29 is 14.6 Å². The Morgan fingerprint density at radius 1 is 0.850 bits per heavy atom. The summed E-state index contributed by atoms with van der Waals surface area (Å²) >= 11 is 0. The molecule has 0 radical (unpaired) electrons. The first-order valence-electron chi connectivity index (χ1n) is 6.57. The summed E-state index contributed by atoms with van der Waals surface area (Å²) in [7, 11) is 1.54. The Bertz CT molecular complexity index is 531. The zero-order chi connectivity index (χ0) is 14.6. The van der Waals surface area contributed by atoms with Crippen LogP contribution in [-0.2, 0) is 10.5 Å². The van der Waals surface area contributed by atoms with Gasteiger partial charge in [0, 0.05) is 12.7 Å². The topological polar surface area (TPSA) is 38.7 Å². The van der Waals surface area contributed by atoms with Crippen molar-refractivity contribution in [1.82, 2.24) is 0 Å². The summed E-state index contributed by atoms with van der Waals surface area (Å²) in [6.07, 6.45) is 0. The highest BCUT2D eigenvalue weighted by atomic mass is 16.7. The molecule has 0 heterocycles. The van der Waals surface area contributed by atoms with Gasteiger partial charge < -0.3 is 14.6 Å². The predicted octanol–water partition coefficient (Wildman–Crippen LogP) is 3.34. The number of hydrogen-bond donors (Lipinski definition) is 1. The van der Waals surface area contributed by atoms with Gasteiger partial charge in [0.25, 0.3) is 5.79 Å². The van der Waals surface area contributed by atoms with E-state index < -0.39 is 11.4 Å². The Labute approximate surface area is 119 Å². The summed E-state index contributed by atoms with van der Waals surface area (Å²) in [6.45, 7) is 3.35. The molecule has 1 N–H and O–H groups in total. The first-order valence-corrected chi connectivity index (χ1v) is 6.57. The molecule has 0 saturated carbocycles. The fraction of sp³-hybridized carbons (Fsp3) is 0.294. The first kappa shape index (κ1) is 14.6. The van der Waals surface area contributed by atoms with Crippen molar-refractivity contribution in [3.63, 3.8) is 0 Å². The van der Waals surface area contributed by atoms with Crippen LogP contribution in [0.25, 0.3) is 0 Å². The molecule has 106 valence electrons. The quantitative estimate of drug-likeness (QED) is 0.848. The fourth-order valence-corrected chi connectivity index (χ4v) is 2.26. The van der Waals surface area contributed by atoms with Gasteiger partial charge in [-0.05, 0) is 26.0 Å². The third-order valence-corrected chi connectivity index (χ3v) is 3.25. The predicted molar refractivity (Wildman–Crippen MR) is 78.5 cm³/mol. The molecule has 0 spiro atoms. The van der Waals surface area contributed by atoms with Gasteiger partial charge in [-0.15, -0.1) is 0 Å². The second-order valence-corrected chi connectivity index (χ2v) is 5.16. The fourth-order valence-electron chi connectivity index (χ4n) is 2.26. The smallest absolute Gasteiger partial charge is 0.265 e. The molecule has 3 nitrogen and oxygen atoms in total. The number of hydrogen-bond acceptors (Lipinski definition) is 3. The van der Waals surface area contributed by atoms with Crippen molar-refractivity contribution in [2.24, 2.45) is 0 Å². The van der Waals surface area contributed by atoms with Crippen molar-refractivity contribution in [3.8, 4) is 5.75 Å². The van der Waals surface area contributed by atoms with E-state index in [1.807, 2.05) is 60.7 Å². The molecule has 1 atom stereocenters. The molecule has 0 amide bonds. The molecule has 0 saturated heterocycles. The van der Waals surface area contributed by atoms with Crippen LogP contribution in [0.2, 0.25) is 0 Å². The van der Waals surface area contributed by atoms with Crippen LogP contribution in [0, 0.1) is 0 Å². The van der Waals surface area contributed by atoms with E-state index in [9.17, 15) is 5.11 Å². The summed E-state index contributed by atoms with van der Waals surface area (Å²) in [5, 5.41) is 10.6. The largest absolute Gasteiger partial charge is 0.455 e. The summed E-state index contributed by atoms with van der Waals surface area (Å²) < 4.78 is 11.6. The first-order chi connectivity index (χ1) is 9.49. The zero-order valence-electron chi connectivity index (χ0n) is 12.0. The highest BCUT2D eigenvalue weighted by Crippen LogP contribution is 2.38. The Hall–Kier alpha value is -1.84. The molecule has 2 rings (SSSR count). The molecule has 0 fully saturated rings. The Balaban J connectivity index is 2.49. The van der Waals surface area contributed by atoms with Crippen LogP contribution in [0.3, 0.4) is 0 Å². The Kier molecular flexibility index (Phi) is 4.12. The molecular weight excluding hydrogens is 252 g/mol. The molecule has 3 heteroatoms. The van der Waals surface area contributed by atoms with Crippen LogP contribution in [-0.4, -0.2) is 17.8 Å². The van der Waals surface area contributed by atoms with Crippen LogP contribution >= 0.6 is 0 Å². The van der Waals surface area contributed by atoms with Gasteiger partial charge in [-0.25, -0.2) is 0 Å². The minimum atomic E-state index is -1.27. The summed E-state index contributed by atoms with van der Waals surface area (Å²) in [4.78, 5) is 0. The monoisotopic (exact) mass is 272 g/mol. The normalized spacial score (nSPS) is 14.6. The van der Waals surface area contributed by atoms with Gasteiger partial charge in [-0.2, -0.15) is 0 Å². The van der Waals surface area contributed by atoms with Crippen molar-refractivity contribution in [1.29, 1.82) is 0 Å². The van der Waals surface area contributed by atoms with E-state index in [1.165, 1.54) is 7.11 Å².